The van der Waals surface area contributed by atoms with Crippen molar-refractivity contribution in [2.24, 2.45) is 5.73 Å². The zero-order valence-electron chi connectivity index (χ0n) is 10.5. The highest BCUT2D eigenvalue weighted by atomic mass is 19.1. The van der Waals surface area contributed by atoms with Crippen molar-refractivity contribution in [1.29, 1.82) is 0 Å². The number of nitrogens with one attached hydrogen (secondary N) is 1. The number of hydrogen-bond donors (Lipinski definition) is 2. The number of halogens is 1. The monoisotopic (exact) mass is 262 g/mol. The Balaban J connectivity index is 2.04. The summed E-state index contributed by atoms with van der Waals surface area (Å²) in [4.78, 5) is 11.9. The van der Waals surface area contributed by atoms with Gasteiger partial charge in [0.1, 0.15) is 11.6 Å². The maximum atomic E-state index is 12.8. The van der Waals surface area contributed by atoms with Crippen LogP contribution in [0.3, 0.4) is 0 Å². The smallest absolute Gasteiger partial charge is 0.287 e. The van der Waals surface area contributed by atoms with E-state index in [0.29, 0.717) is 5.76 Å². The summed E-state index contributed by atoms with van der Waals surface area (Å²) in [6, 6.07) is 8.99. The largest absolute Gasteiger partial charge is 0.455 e. The fraction of sp³-hybridized carbons (Fsp3) is 0.214. The molecule has 0 fully saturated rings. The minimum absolute atomic E-state index is 0.217. The molecule has 0 aliphatic rings. The quantitative estimate of drug-likeness (QED) is 0.888. The molecule has 0 saturated heterocycles. The van der Waals surface area contributed by atoms with Gasteiger partial charge in [-0.2, -0.15) is 0 Å². The van der Waals surface area contributed by atoms with E-state index in [-0.39, 0.29) is 30.1 Å². The highest BCUT2D eigenvalue weighted by Gasteiger charge is 2.14. The average molecular weight is 262 g/mol. The molecule has 0 bridgehead atoms. The number of rotatable bonds is 4. The predicted molar refractivity (Wildman–Crippen MR) is 68.9 cm³/mol. The molecule has 0 aliphatic heterocycles. The number of carbonyl (C=O) groups excluding carboxylic acids is 1. The summed E-state index contributed by atoms with van der Waals surface area (Å²) in [5, 5.41) is 2.77. The maximum absolute atomic E-state index is 12.8. The van der Waals surface area contributed by atoms with Crippen molar-refractivity contribution in [3.63, 3.8) is 0 Å². The van der Waals surface area contributed by atoms with Crippen molar-refractivity contribution in [1.82, 2.24) is 5.32 Å². The maximum Gasteiger partial charge on any atom is 0.287 e. The molecule has 1 unspecified atom stereocenters. The van der Waals surface area contributed by atoms with E-state index in [1.165, 1.54) is 12.1 Å². The SMILES string of the molecule is CC(NC(=O)c1ccc(CN)o1)c1ccc(F)cc1. The Morgan fingerprint density at radius 2 is 2.00 bits per heavy atom. The Morgan fingerprint density at radius 1 is 1.32 bits per heavy atom. The third kappa shape index (κ3) is 3.20. The van der Waals surface area contributed by atoms with Gasteiger partial charge in [-0.05, 0) is 36.8 Å². The van der Waals surface area contributed by atoms with Crippen LogP contribution in [0, 0.1) is 5.82 Å². The van der Waals surface area contributed by atoms with Crippen LogP contribution in [-0.2, 0) is 6.54 Å². The lowest BCUT2D eigenvalue weighted by Gasteiger charge is -2.13. The van der Waals surface area contributed by atoms with Gasteiger partial charge in [0.25, 0.3) is 5.91 Å². The number of carbonyl (C=O) groups is 1. The number of amides is 1. The van der Waals surface area contributed by atoms with E-state index >= 15 is 0 Å². The minimum Gasteiger partial charge on any atom is -0.455 e. The van der Waals surface area contributed by atoms with Gasteiger partial charge in [0, 0.05) is 0 Å². The topological polar surface area (TPSA) is 68.3 Å². The van der Waals surface area contributed by atoms with Gasteiger partial charge in [0.15, 0.2) is 5.76 Å². The second-order valence-electron chi connectivity index (χ2n) is 4.22. The van der Waals surface area contributed by atoms with Gasteiger partial charge in [0.2, 0.25) is 0 Å². The first kappa shape index (κ1) is 13.3. The number of furan rings is 1. The summed E-state index contributed by atoms with van der Waals surface area (Å²) < 4.78 is 18.1. The fourth-order valence-electron chi connectivity index (χ4n) is 1.71. The fourth-order valence-corrected chi connectivity index (χ4v) is 1.71. The van der Waals surface area contributed by atoms with Crippen LogP contribution in [-0.4, -0.2) is 5.91 Å². The summed E-state index contributed by atoms with van der Waals surface area (Å²) >= 11 is 0. The van der Waals surface area contributed by atoms with E-state index in [1.807, 2.05) is 6.92 Å². The predicted octanol–water partition coefficient (Wildman–Crippen LogP) is 2.37. The molecule has 0 spiro atoms. The molecule has 2 aromatic rings. The Kier molecular flexibility index (Phi) is 3.97. The Hall–Kier alpha value is -2.14. The van der Waals surface area contributed by atoms with Crippen LogP contribution in [0.2, 0.25) is 0 Å². The molecule has 4 nitrogen and oxygen atoms in total. The van der Waals surface area contributed by atoms with E-state index in [1.54, 1.807) is 24.3 Å². The molecular weight excluding hydrogens is 247 g/mol. The Bertz CT molecular complexity index is 563. The molecule has 19 heavy (non-hydrogen) atoms. The van der Waals surface area contributed by atoms with Gasteiger partial charge < -0.3 is 15.5 Å². The molecule has 5 heteroatoms. The van der Waals surface area contributed by atoms with Crippen LogP contribution in [0.25, 0.3) is 0 Å². The van der Waals surface area contributed by atoms with E-state index in [4.69, 9.17) is 10.2 Å². The van der Waals surface area contributed by atoms with Gasteiger partial charge in [0.05, 0.1) is 12.6 Å². The molecule has 0 aliphatic carbocycles. The summed E-state index contributed by atoms with van der Waals surface area (Å²) in [6.07, 6.45) is 0. The molecule has 1 aromatic heterocycles. The van der Waals surface area contributed by atoms with Gasteiger partial charge in [-0.25, -0.2) is 4.39 Å². The van der Waals surface area contributed by atoms with Crippen LogP contribution < -0.4 is 11.1 Å². The van der Waals surface area contributed by atoms with Gasteiger partial charge in [-0.1, -0.05) is 12.1 Å². The van der Waals surface area contributed by atoms with Crippen molar-refractivity contribution in [2.45, 2.75) is 19.5 Å². The number of hydrogen-bond acceptors (Lipinski definition) is 3. The highest BCUT2D eigenvalue weighted by Crippen LogP contribution is 2.14. The molecule has 0 radical (unpaired) electrons. The number of benzene rings is 1. The minimum atomic E-state index is -0.323. The summed E-state index contributed by atoms with van der Waals surface area (Å²) in [7, 11) is 0. The summed E-state index contributed by atoms with van der Waals surface area (Å²) in [5.41, 5.74) is 6.23. The lowest BCUT2D eigenvalue weighted by molar-refractivity contribution is 0.0910. The van der Waals surface area contributed by atoms with Crippen molar-refractivity contribution >= 4 is 5.91 Å². The second kappa shape index (κ2) is 5.67. The lowest BCUT2D eigenvalue weighted by Crippen LogP contribution is -2.26. The standard InChI is InChI=1S/C14H15FN2O2/c1-9(10-2-4-11(15)5-3-10)17-14(18)13-7-6-12(8-16)19-13/h2-7,9H,8,16H2,1H3,(H,17,18). The second-order valence-corrected chi connectivity index (χ2v) is 4.22. The van der Waals surface area contributed by atoms with Crippen molar-refractivity contribution in [3.05, 3.63) is 59.3 Å². The molecule has 100 valence electrons. The van der Waals surface area contributed by atoms with Crippen molar-refractivity contribution in [2.75, 3.05) is 0 Å². The van der Waals surface area contributed by atoms with Crippen LogP contribution >= 0.6 is 0 Å². The first-order valence-corrected chi connectivity index (χ1v) is 5.95. The molecule has 1 amide bonds. The molecular formula is C14H15FN2O2. The van der Waals surface area contributed by atoms with Crippen molar-refractivity contribution < 1.29 is 13.6 Å². The molecule has 1 heterocycles. The van der Waals surface area contributed by atoms with Gasteiger partial charge in [-0.15, -0.1) is 0 Å². The van der Waals surface area contributed by atoms with E-state index in [0.717, 1.165) is 5.56 Å². The van der Waals surface area contributed by atoms with E-state index in [2.05, 4.69) is 5.32 Å². The highest BCUT2D eigenvalue weighted by molar-refractivity contribution is 5.91. The van der Waals surface area contributed by atoms with Crippen LogP contribution in [0.15, 0.2) is 40.8 Å². The van der Waals surface area contributed by atoms with E-state index in [9.17, 15) is 9.18 Å². The van der Waals surface area contributed by atoms with Crippen molar-refractivity contribution in [3.8, 4) is 0 Å². The molecule has 3 N–H and O–H groups in total. The summed E-state index contributed by atoms with van der Waals surface area (Å²) in [6.45, 7) is 2.07. The van der Waals surface area contributed by atoms with Gasteiger partial charge in [-0.3, -0.25) is 4.79 Å². The normalized spacial score (nSPS) is 12.2. The number of nitrogens with two attached hydrogens (primary N) is 1. The Labute approximate surface area is 110 Å². The molecule has 1 aromatic carbocycles. The first-order chi connectivity index (χ1) is 9.10. The van der Waals surface area contributed by atoms with Crippen LogP contribution in [0.4, 0.5) is 4.39 Å². The van der Waals surface area contributed by atoms with Gasteiger partial charge >= 0.3 is 0 Å². The third-order valence-corrected chi connectivity index (χ3v) is 2.80. The van der Waals surface area contributed by atoms with E-state index < -0.39 is 0 Å². The average Bonchev–Trinajstić information content (AvgIpc) is 2.88. The zero-order valence-corrected chi connectivity index (χ0v) is 10.5. The Morgan fingerprint density at radius 3 is 2.58 bits per heavy atom. The van der Waals surface area contributed by atoms with Crippen LogP contribution in [0.5, 0.6) is 0 Å². The lowest BCUT2D eigenvalue weighted by atomic mass is 10.1. The molecule has 1 atom stereocenters. The molecule has 2 rings (SSSR count). The molecule has 0 saturated carbocycles. The zero-order chi connectivity index (χ0) is 13.8. The summed E-state index contributed by atoms with van der Waals surface area (Å²) in [5.74, 6) is 0.145. The first-order valence-electron chi connectivity index (χ1n) is 5.95. The van der Waals surface area contributed by atoms with Crippen LogP contribution in [0.1, 0.15) is 34.8 Å². The third-order valence-electron chi connectivity index (χ3n) is 2.80.